The van der Waals surface area contributed by atoms with E-state index in [0.717, 1.165) is 55.5 Å². The Hall–Kier alpha value is -2.86. The molecule has 0 bridgehead atoms. The van der Waals surface area contributed by atoms with Crippen molar-refractivity contribution in [3.63, 3.8) is 0 Å². The zero-order valence-corrected chi connectivity index (χ0v) is 16.8. The fourth-order valence-corrected chi connectivity index (χ4v) is 4.10. The van der Waals surface area contributed by atoms with Gasteiger partial charge in [0.15, 0.2) is 0 Å². The number of hydrogen-bond acceptors (Lipinski definition) is 3. The number of fused-ring (bicyclic) bond motifs is 1. The lowest BCUT2D eigenvalue weighted by Gasteiger charge is -2.36. The quantitative estimate of drug-likeness (QED) is 0.603. The van der Waals surface area contributed by atoms with Crippen LogP contribution in [0.2, 0.25) is 0 Å². The molecular formula is C23H28N4O2. The number of nitrogens with one attached hydrogen (secondary N) is 3. The SMILES string of the molecule is CCc1ccc(C2CNCCN2C(=O)CCCc2ccc3[nH]c(=O)[nH]c3c2)cc1. The van der Waals surface area contributed by atoms with E-state index < -0.39 is 0 Å². The van der Waals surface area contributed by atoms with Crippen molar-refractivity contribution in [1.82, 2.24) is 20.2 Å². The van der Waals surface area contributed by atoms with Gasteiger partial charge >= 0.3 is 5.69 Å². The normalized spacial score (nSPS) is 17.0. The van der Waals surface area contributed by atoms with Crippen LogP contribution in [-0.4, -0.2) is 40.4 Å². The predicted molar refractivity (Wildman–Crippen MR) is 115 cm³/mol. The molecule has 1 saturated heterocycles. The summed E-state index contributed by atoms with van der Waals surface area (Å²) in [6, 6.07) is 14.6. The van der Waals surface area contributed by atoms with Gasteiger partial charge in [0.05, 0.1) is 17.1 Å². The van der Waals surface area contributed by atoms with Crippen LogP contribution in [0.4, 0.5) is 0 Å². The third-order valence-corrected chi connectivity index (χ3v) is 5.77. The van der Waals surface area contributed by atoms with Crippen molar-refractivity contribution >= 4 is 16.9 Å². The summed E-state index contributed by atoms with van der Waals surface area (Å²) < 4.78 is 0. The highest BCUT2D eigenvalue weighted by atomic mass is 16.2. The third-order valence-electron chi connectivity index (χ3n) is 5.77. The number of carbonyl (C=O) groups is 1. The van der Waals surface area contributed by atoms with Gasteiger partial charge in [0.1, 0.15) is 0 Å². The monoisotopic (exact) mass is 392 g/mol. The molecule has 1 atom stereocenters. The molecule has 1 aromatic heterocycles. The second-order valence-corrected chi connectivity index (χ2v) is 7.71. The lowest BCUT2D eigenvalue weighted by atomic mass is 10.00. The maximum atomic E-state index is 13.0. The fourth-order valence-electron chi connectivity index (χ4n) is 4.10. The highest BCUT2D eigenvalue weighted by molar-refractivity contribution is 5.77. The zero-order valence-electron chi connectivity index (χ0n) is 16.8. The number of hydrogen-bond donors (Lipinski definition) is 3. The maximum absolute atomic E-state index is 13.0. The van der Waals surface area contributed by atoms with Gasteiger partial charge in [-0.25, -0.2) is 4.79 Å². The molecule has 2 aromatic carbocycles. The highest BCUT2D eigenvalue weighted by Crippen LogP contribution is 2.24. The molecule has 6 heteroatoms. The van der Waals surface area contributed by atoms with Crippen LogP contribution in [0.5, 0.6) is 0 Å². The number of amides is 1. The zero-order chi connectivity index (χ0) is 20.2. The molecule has 0 saturated carbocycles. The van der Waals surface area contributed by atoms with E-state index in [2.05, 4.69) is 46.5 Å². The van der Waals surface area contributed by atoms with E-state index in [0.29, 0.717) is 6.42 Å². The van der Waals surface area contributed by atoms with E-state index in [-0.39, 0.29) is 17.6 Å². The van der Waals surface area contributed by atoms with Crippen LogP contribution in [0.3, 0.4) is 0 Å². The maximum Gasteiger partial charge on any atom is 0.323 e. The molecular weight excluding hydrogens is 364 g/mol. The fraction of sp³-hybridized carbons (Fsp3) is 0.391. The van der Waals surface area contributed by atoms with Gasteiger partial charge in [-0.3, -0.25) is 4.79 Å². The number of aromatic nitrogens is 2. The van der Waals surface area contributed by atoms with Crippen LogP contribution in [0.25, 0.3) is 11.0 Å². The Balaban J connectivity index is 1.38. The summed E-state index contributed by atoms with van der Waals surface area (Å²) in [5, 5.41) is 3.42. The Morgan fingerprint density at radius 2 is 1.83 bits per heavy atom. The topological polar surface area (TPSA) is 81.0 Å². The van der Waals surface area contributed by atoms with Crippen molar-refractivity contribution in [3.8, 4) is 0 Å². The van der Waals surface area contributed by atoms with E-state index in [9.17, 15) is 9.59 Å². The number of carbonyl (C=O) groups excluding carboxylic acids is 1. The summed E-state index contributed by atoms with van der Waals surface area (Å²) in [6.07, 6.45) is 3.17. The van der Waals surface area contributed by atoms with Gasteiger partial charge in [-0.1, -0.05) is 37.3 Å². The molecule has 6 nitrogen and oxygen atoms in total. The first-order valence-corrected chi connectivity index (χ1v) is 10.4. The molecule has 0 spiro atoms. The van der Waals surface area contributed by atoms with Gasteiger partial charge in [-0.05, 0) is 48.1 Å². The number of benzene rings is 2. The van der Waals surface area contributed by atoms with Crippen LogP contribution in [0.1, 0.15) is 42.5 Å². The first-order chi connectivity index (χ1) is 14.1. The van der Waals surface area contributed by atoms with E-state index in [4.69, 9.17) is 0 Å². The molecule has 0 aliphatic carbocycles. The molecule has 1 amide bonds. The molecule has 29 heavy (non-hydrogen) atoms. The number of rotatable bonds is 6. The number of imidazole rings is 1. The number of aromatic amines is 2. The Labute approximate surface area is 170 Å². The number of piperazine rings is 1. The van der Waals surface area contributed by atoms with Crippen LogP contribution >= 0.6 is 0 Å². The lowest BCUT2D eigenvalue weighted by molar-refractivity contribution is -0.134. The standard InChI is InChI=1S/C23H28N4O2/c1-2-16-6-9-18(10-7-16)21-15-24-12-13-27(21)22(28)5-3-4-17-8-11-19-20(14-17)26-23(29)25-19/h6-11,14,21,24H,2-5,12-13,15H2,1H3,(H2,25,26,29). The summed E-state index contributed by atoms with van der Waals surface area (Å²) in [4.78, 5) is 31.9. The van der Waals surface area contributed by atoms with E-state index in [1.807, 2.05) is 23.1 Å². The van der Waals surface area contributed by atoms with Gasteiger partial charge in [-0.2, -0.15) is 0 Å². The molecule has 3 N–H and O–H groups in total. The summed E-state index contributed by atoms with van der Waals surface area (Å²) in [5.41, 5.74) is 5.08. The molecule has 2 heterocycles. The molecule has 1 unspecified atom stereocenters. The lowest BCUT2D eigenvalue weighted by Crippen LogP contribution is -2.48. The van der Waals surface area contributed by atoms with Crippen LogP contribution in [0, 0.1) is 0 Å². The van der Waals surface area contributed by atoms with Crippen LogP contribution in [-0.2, 0) is 17.6 Å². The minimum absolute atomic E-state index is 0.100. The van der Waals surface area contributed by atoms with Gasteiger partial charge in [0, 0.05) is 26.1 Å². The summed E-state index contributed by atoms with van der Waals surface area (Å²) in [5.74, 6) is 0.215. The molecule has 4 rings (SSSR count). The average molecular weight is 393 g/mol. The molecule has 152 valence electrons. The average Bonchev–Trinajstić information content (AvgIpc) is 3.13. The summed E-state index contributed by atoms with van der Waals surface area (Å²) in [7, 11) is 0. The van der Waals surface area contributed by atoms with E-state index in [1.54, 1.807) is 0 Å². The highest BCUT2D eigenvalue weighted by Gasteiger charge is 2.27. The molecule has 3 aromatic rings. The van der Waals surface area contributed by atoms with Crippen molar-refractivity contribution < 1.29 is 4.79 Å². The Morgan fingerprint density at radius 3 is 2.62 bits per heavy atom. The number of H-pyrrole nitrogens is 2. The van der Waals surface area contributed by atoms with Crippen molar-refractivity contribution in [2.24, 2.45) is 0 Å². The van der Waals surface area contributed by atoms with Crippen LogP contribution in [0.15, 0.2) is 47.3 Å². The Morgan fingerprint density at radius 1 is 1.07 bits per heavy atom. The van der Waals surface area contributed by atoms with Crippen molar-refractivity contribution in [1.29, 1.82) is 0 Å². The summed E-state index contributed by atoms with van der Waals surface area (Å²) >= 11 is 0. The van der Waals surface area contributed by atoms with Gasteiger partial charge in [0.2, 0.25) is 5.91 Å². The number of aryl methyl sites for hydroxylation is 2. The van der Waals surface area contributed by atoms with E-state index >= 15 is 0 Å². The van der Waals surface area contributed by atoms with Gasteiger partial charge in [-0.15, -0.1) is 0 Å². The Kier molecular flexibility index (Phi) is 5.81. The second-order valence-electron chi connectivity index (χ2n) is 7.71. The third kappa shape index (κ3) is 4.43. The second kappa shape index (κ2) is 8.66. The van der Waals surface area contributed by atoms with Crippen molar-refractivity contribution in [2.75, 3.05) is 19.6 Å². The molecule has 0 radical (unpaired) electrons. The summed E-state index contributed by atoms with van der Waals surface area (Å²) in [6.45, 7) is 4.54. The van der Waals surface area contributed by atoms with Crippen LogP contribution < -0.4 is 11.0 Å². The molecule has 1 aliphatic rings. The number of nitrogens with zero attached hydrogens (tertiary/aromatic N) is 1. The molecule has 1 fully saturated rings. The van der Waals surface area contributed by atoms with E-state index in [1.165, 1.54) is 11.1 Å². The minimum atomic E-state index is -0.191. The largest absolute Gasteiger partial charge is 0.333 e. The first-order valence-electron chi connectivity index (χ1n) is 10.4. The first kappa shape index (κ1) is 19.5. The van der Waals surface area contributed by atoms with Crippen molar-refractivity contribution in [3.05, 3.63) is 69.6 Å². The van der Waals surface area contributed by atoms with Gasteiger partial charge in [0.25, 0.3) is 0 Å². The predicted octanol–water partition coefficient (Wildman–Crippen LogP) is 2.91. The van der Waals surface area contributed by atoms with Gasteiger partial charge < -0.3 is 20.2 Å². The minimum Gasteiger partial charge on any atom is -0.333 e. The van der Waals surface area contributed by atoms with Crippen molar-refractivity contribution in [2.45, 2.75) is 38.6 Å². The smallest absolute Gasteiger partial charge is 0.323 e. The molecule has 1 aliphatic heterocycles. The Bertz CT molecular complexity index is 1030.